The van der Waals surface area contributed by atoms with Gasteiger partial charge >= 0.3 is 5.97 Å². The van der Waals surface area contributed by atoms with Gasteiger partial charge < -0.3 is 20.3 Å². The number of hydrogen-bond acceptors (Lipinski definition) is 5. The van der Waals surface area contributed by atoms with E-state index in [0.29, 0.717) is 19.4 Å². The lowest BCUT2D eigenvalue weighted by atomic mass is 10.0. The highest BCUT2D eigenvalue weighted by Crippen LogP contribution is 2.17. The van der Waals surface area contributed by atoms with E-state index < -0.39 is 12.1 Å². The molecule has 0 radical (unpaired) electrons. The van der Waals surface area contributed by atoms with Crippen molar-refractivity contribution >= 4 is 11.9 Å². The van der Waals surface area contributed by atoms with E-state index in [9.17, 15) is 19.8 Å². The minimum Gasteiger partial charge on any atom is -0.466 e. The summed E-state index contributed by atoms with van der Waals surface area (Å²) < 4.78 is 5.47. The predicted octanol–water partition coefficient (Wildman–Crippen LogP) is 19.2. The van der Waals surface area contributed by atoms with E-state index >= 15 is 0 Å². The predicted molar refractivity (Wildman–Crippen MR) is 301 cm³/mol. The Bertz CT molecular complexity index is 1120. The van der Waals surface area contributed by atoms with Gasteiger partial charge in [0, 0.05) is 12.8 Å². The van der Waals surface area contributed by atoms with E-state index in [1.165, 1.54) is 257 Å². The second-order valence-electron chi connectivity index (χ2n) is 21.0. The lowest BCUT2D eigenvalue weighted by molar-refractivity contribution is -0.143. The number of hydrogen-bond donors (Lipinski definition) is 3. The minimum atomic E-state index is -0.841. The van der Waals surface area contributed by atoms with Gasteiger partial charge in [-0.05, 0) is 83.5 Å². The van der Waals surface area contributed by atoms with Gasteiger partial charge in [0.25, 0.3) is 0 Å². The lowest BCUT2D eigenvalue weighted by Crippen LogP contribution is -2.45. The van der Waals surface area contributed by atoms with Gasteiger partial charge in [0.2, 0.25) is 5.91 Å². The smallest absolute Gasteiger partial charge is 0.305 e. The van der Waals surface area contributed by atoms with Gasteiger partial charge in [0.1, 0.15) is 0 Å². The number of nitrogens with one attached hydrogen (secondary N) is 1. The van der Waals surface area contributed by atoms with Gasteiger partial charge in [-0.2, -0.15) is 0 Å². The first-order valence-corrected chi connectivity index (χ1v) is 30.8. The SMILES string of the molecule is CCCCCC/C=C\CCCCCCCC(=O)OCCCCCCCCCCCCCC/C=C\CCCCCCCCCCCCCCCCC(=O)NC(CO)C(O)/C=C/CCCCCCCCC. The van der Waals surface area contributed by atoms with Gasteiger partial charge in [-0.3, -0.25) is 9.59 Å². The molecule has 406 valence electrons. The van der Waals surface area contributed by atoms with Gasteiger partial charge in [0.15, 0.2) is 0 Å². The van der Waals surface area contributed by atoms with Crippen molar-refractivity contribution in [1.29, 1.82) is 0 Å². The fourth-order valence-electron chi connectivity index (χ4n) is 9.39. The van der Waals surface area contributed by atoms with Gasteiger partial charge in [0.05, 0.1) is 25.4 Å². The number of carbonyl (C=O) groups is 2. The topological polar surface area (TPSA) is 95.9 Å². The Labute approximate surface area is 430 Å². The van der Waals surface area contributed by atoms with Crippen molar-refractivity contribution in [3.8, 4) is 0 Å². The number of rotatable bonds is 57. The number of esters is 1. The molecule has 0 rings (SSSR count). The highest BCUT2D eigenvalue weighted by molar-refractivity contribution is 5.76. The van der Waals surface area contributed by atoms with Crippen LogP contribution >= 0.6 is 0 Å². The van der Waals surface area contributed by atoms with Crippen LogP contribution in [0.25, 0.3) is 0 Å². The van der Waals surface area contributed by atoms with Crippen LogP contribution in [0.1, 0.15) is 328 Å². The minimum absolute atomic E-state index is 0.00723. The first kappa shape index (κ1) is 67.1. The Morgan fingerprint density at radius 1 is 0.391 bits per heavy atom. The molecule has 69 heavy (non-hydrogen) atoms. The first-order chi connectivity index (χ1) is 34.0. The quantitative estimate of drug-likeness (QED) is 0.0321. The summed E-state index contributed by atoms with van der Waals surface area (Å²) in [5, 5.41) is 22.9. The molecule has 0 bridgehead atoms. The second-order valence-corrected chi connectivity index (χ2v) is 21.0. The van der Waals surface area contributed by atoms with E-state index in [2.05, 4.69) is 43.5 Å². The van der Waals surface area contributed by atoms with Crippen LogP contribution in [0.5, 0.6) is 0 Å². The van der Waals surface area contributed by atoms with Crippen LogP contribution < -0.4 is 5.32 Å². The molecule has 6 heteroatoms. The van der Waals surface area contributed by atoms with Crippen molar-refractivity contribution < 1.29 is 24.5 Å². The van der Waals surface area contributed by atoms with Gasteiger partial charge in [-0.25, -0.2) is 0 Å². The maximum atomic E-state index is 12.4. The zero-order chi connectivity index (χ0) is 50.0. The monoisotopic (exact) mass is 970 g/mol. The molecule has 0 aromatic rings. The van der Waals surface area contributed by atoms with Crippen LogP contribution in [-0.4, -0.2) is 47.4 Å². The highest BCUT2D eigenvalue weighted by atomic mass is 16.5. The van der Waals surface area contributed by atoms with Crippen LogP contribution in [0.15, 0.2) is 36.5 Å². The van der Waals surface area contributed by atoms with Crippen LogP contribution in [0, 0.1) is 0 Å². The van der Waals surface area contributed by atoms with Gasteiger partial charge in [-0.1, -0.05) is 269 Å². The molecule has 0 saturated heterocycles. The van der Waals surface area contributed by atoms with Crippen LogP contribution in [0.4, 0.5) is 0 Å². The number of aliphatic hydroxyl groups excluding tert-OH is 2. The normalized spacial score (nSPS) is 12.8. The average molecular weight is 971 g/mol. The zero-order valence-electron chi connectivity index (χ0n) is 46.3. The molecular formula is C63H119NO5. The van der Waals surface area contributed by atoms with Crippen molar-refractivity contribution in [2.45, 2.75) is 341 Å². The number of amides is 1. The zero-order valence-corrected chi connectivity index (χ0v) is 46.3. The Morgan fingerprint density at radius 2 is 0.681 bits per heavy atom. The molecular weight excluding hydrogens is 851 g/mol. The summed E-state index contributed by atoms with van der Waals surface area (Å²) in [5.74, 6) is -0.0616. The number of allylic oxidation sites excluding steroid dienone is 5. The molecule has 0 heterocycles. The second kappa shape index (κ2) is 58.6. The molecule has 0 spiro atoms. The standard InChI is InChI=1S/C63H119NO5/c1-3-5-7-9-11-13-14-33-37-41-45-49-53-57-63(68)69-58-54-50-46-42-38-35-32-30-28-26-24-22-20-18-16-15-17-19-21-23-25-27-29-31-34-36-40-44-48-52-56-62(67)64-60(59-65)61(66)55-51-47-43-39-12-10-8-6-4-2/h13-14,16,18,51,55,60-61,65-66H,3-12,15,17,19-50,52-54,56-59H2,1-2H3,(H,64,67)/b14-13-,18-16-,55-51+. The van der Waals surface area contributed by atoms with Crippen LogP contribution in [0.3, 0.4) is 0 Å². The third kappa shape index (κ3) is 55.2. The summed E-state index contributed by atoms with van der Waals surface area (Å²) >= 11 is 0. The average Bonchev–Trinajstić information content (AvgIpc) is 3.35. The molecule has 0 aromatic carbocycles. The van der Waals surface area contributed by atoms with Crippen molar-refractivity contribution in [1.82, 2.24) is 5.32 Å². The van der Waals surface area contributed by atoms with Crippen molar-refractivity contribution in [3.63, 3.8) is 0 Å². The molecule has 0 saturated carbocycles. The largest absolute Gasteiger partial charge is 0.466 e. The molecule has 3 N–H and O–H groups in total. The van der Waals surface area contributed by atoms with E-state index in [-0.39, 0.29) is 18.5 Å². The maximum absolute atomic E-state index is 12.4. The molecule has 0 aliphatic heterocycles. The Morgan fingerprint density at radius 3 is 1.04 bits per heavy atom. The molecule has 6 nitrogen and oxygen atoms in total. The summed E-state index contributed by atoms with van der Waals surface area (Å²) in [6.07, 6.45) is 73.5. The Balaban J connectivity index is 3.35. The molecule has 2 unspecified atom stereocenters. The molecule has 0 aliphatic carbocycles. The van der Waals surface area contributed by atoms with Crippen molar-refractivity contribution in [2.24, 2.45) is 0 Å². The molecule has 0 aromatic heterocycles. The maximum Gasteiger partial charge on any atom is 0.305 e. The summed E-state index contributed by atoms with van der Waals surface area (Å²) in [5.41, 5.74) is 0. The summed E-state index contributed by atoms with van der Waals surface area (Å²) in [7, 11) is 0. The van der Waals surface area contributed by atoms with Crippen molar-refractivity contribution in [2.75, 3.05) is 13.2 Å². The number of carbonyl (C=O) groups excluding carboxylic acids is 2. The fraction of sp³-hybridized carbons (Fsp3) is 0.873. The Hall–Kier alpha value is -1.92. The summed E-state index contributed by atoms with van der Waals surface area (Å²) in [4.78, 5) is 24.4. The van der Waals surface area contributed by atoms with Crippen LogP contribution in [-0.2, 0) is 14.3 Å². The molecule has 1 amide bonds. The molecule has 2 atom stereocenters. The van der Waals surface area contributed by atoms with E-state index in [1.54, 1.807) is 6.08 Å². The Kier molecular flexibility index (Phi) is 57.0. The first-order valence-electron chi connectivity index (χ1n) is 30.8. The molecule has 0 aliphatic rings. The van der Waals surface area contributed by atoms with Crippen LogP contribution in [0.2, 0.25) is 0 Å². The van der Waals surface area contributed by atoms with Crippen molar-refractivity contribution in [3.05, 3.63) is 36.5 Å². The summed E-state index contributed by atoms with van der Waals surface area (Å²) in [6, 6.07) is -0.624. The van der Waals surface area contributed by atoms with E-state index in [4.69, 9.17) is 4.74 Å². The fourth-order valence-corrected chi connectivity index (χ4v) is 9.39. The number of aliphatic hydroxyl groups is 2. The number of unbranched alkanes of at least 4 members (excludes halogenated alkanes) is 42. The highest BCUT2D eigenvalue weighted by Gasteiger charge is 2.18. The lowest BCUT2D eigenvalue weighted by Gasteiger charge is -2.20. The molecule has 0 fully saturated rings. The third-order valence-electron chi connectivity index (χ3n) is 14.1. The summed E-state index contributed by atoms with van der Waals surface area (Å²) in [6.45, 7) is 4.87. The van der Waals surface area contributed by atoms with E-state index in [0.717, 1.165) is 44.9 Å². The number of ether oxygens (including phenoxy) is 1. The third-order valence-corrected chi connectivity index (χ3v) is 14.1. The van der Waals surface area contributed by atoms with E-state index in [1.807, 2.05) is 6.08 Å². The van der Waals surface area contributed by atoms with Gasteiger partial charge in [-0.15, -0.1) is 0 Å².